The SMILES string of the molecule is CCCNC(=O)c1ccc(NC(=O)C(C)Oc2ccccc2Cl)cc1. The minimum absolute atomic E-state index is 0.129. The van der Waals surface area contributed by atoms with Crippen molar-refractivity contribution in [3.8, 4) is 5.75 Å². The summed E-state index contributed by atoms with van der Waals surface area (Å²) in [6, 6.07) is 13.7. The van der Waals surface area contributed by atoms with E-state index in [-0.39, 0.29) is 11.8 Å². The minimum Gasteiger partial charge on any atom is -0.479 e. The zero-order valence-corrected chi connectivity index (χ0v) is 15.0. The molecule has 2 rings (SSSR count). The number of halogens is 1. The molecule has 132 valence electrons. The van der Waals surface area contributed by atoms with E-state index in [0.29, 0.717) is 28.6 Å². The standard InChI is InChI=1S/C19H21ClN2O3/c1-3-12-21-19(24)14-8-10-15(11-9-14)22-18(23)13(2)25-17-7-5-4-6-16(17)20/h4-11,13H,3,12H2,1-2H3,(H,21,24)(H,22,23). The molecule has 1 unspecified atom stereocenters. The average molecular weight is 361 g/mol. The van der Waals surface area contributed by atoms with E-state index in [4.69, 9.17) is 16.3 Å². The molecule has 5 nitrogen and oxygen atoms in total. The van der Waals surface area contributed by atoms with Gasteiger partial charge in [0.25, 0.3) is 11.8 Å². The second kappa shape index (κ2) is 9.08. The van der Waals surface area contributed by atoms with Gasteiger partial charge < -0.3 is 15.4 Å². The van der Waals surface area contributed by atoms with Crippen LogP contribution in [0.4, 0.5) is 5.69 Å². The van der Waals surface area contributed by atoms with E-state index in [0.717, 1.165) is 6.42 Å². The van der Waals surface area contributed by atoms with Crippen molar-refractivity contribution in [1.82, 2.24) is 5.32 Å². The third kappa shape index (κ3) is 5.50. The number of benzene rings is 2. The summed E-state index contributed by atoms with van der Waals surface area (Å²) in [5.41, 5.74) is 1.14. The molecule has 2 aromatic carbocycles. The number of carbonyl (C=O) groups is 2. The van der Waals surface area contributed by atoms with Gasteiger partial charge in [0.15, 0.2) is 6.10 Å². The molecule has 0 bridgehead atoms. The lowest BCUT2D eigenvalue weighted by Gasteiger charge is -2.15. The number of hydrogen-bond donors (Lipinski definition) is 2. The highest BCUT2D eigenvalue weighted by molar-refractivity contribution is 6.32. The van der Waals surface area contributed by atoms with Crippen LogP contribution < -0.4 is 15.4 Å². The maximum atomic E-state index is 12.2. The molecule has 0 radical (unpaired) electrons. The Morgan fingerprint density at radius 2 is 1.80 bits per heavy atom. The van der Waals surface area contributed by atoms with Crippen LogP contribution in [-0.2, 0) is 4.79 Å². The van der Waals surface area contributed by atoms with Crippen molar-refractivity contribution in [2.45, 2.75) is 26.4 Å². The molecule has 0 aliphatic rings. The third-order valence-electron chi connectivity index (χ3n) is 3.46. The van der Waals surface area contributed by atoms with Crippen LogP contribution in [0.15, 0.2) is 48.5 Å². The number of ether oxygens (including phenoxy) is 1. The van der Waals surface area contributed by atoms with Crippen molar-refractivity contribution in [2.75, 3.05) is 11.9 Å². The van der Waals surface area contributed by atoms with Crippen LogP contribution >= 0.6 is 11.6 Å². The van der Waals surface area contributed by atoms with Gasteiger partial charge in [-0.25, -0.2) is 0 Å². The Morgan fingerprint density at radius 1 is 1.12 bits per heavy atom. The third-order valence-corrected chi connectivity index (χ3v) is 3.77. The van der Waals surface area contributed by atoms with E-state index < -0.39 is 6.10 Å². The molecule has 6 heteroatoms. The van der Waals surface area contributed by atoms with Crippen LogP contribution in [0.5, 0.6) is 5.75 Å². The summed E-state index contributed by atoms with van der Waals surface area (Å²) in [7, 11) is 0. The molecular weight excluding hydrogens is 340 g/mol. The number of amides is 2. The molecule has 1 atom stereocenters. The predicted octanol–water partition coefficient (Wildman–Crippen LogP) is 3.89. The zero-order chi connectivity index (χ0) is 18.2. The quantitative estimate of drug-likeness (QED) is 0.787. The maximum Gasteiger partial charge on any atom is 0.265 e. The first-order valence-electron chi connectivity index (χ1n) is 8.11. The number of hydrogen-bond acceptors (Lipinski definition) is 3. The molecule has 0 aromatic heterocycles. The topological polar surface area (TPSA) is 67.4 Å². The summed E-state index contributed by atoms with van der Waals surface area (Å²) in [6.07, 6.45) is 0.163. The Morgan fingerprint density at radius 3 is 2.44 bits per heavy atom. The van der Waals surface area contributed by atoms with Gasteiger partial charge in [0.2, 0.25) is 0 Å². The van der Waals surface area contributed by atoms with E-state index in [1.54, 1.807) is 55.5 Å². The molecule has 2 amide bonds. The van der Waals surface area contributed by atoms with E-state index in [9.17, 15) is 9.59 Å². The van der Waals surface area contributed by atoms with Crippen LogP contribution in [0.3, 0.4) is 0 Å². The van der Waals surface area contributed by atoms with Gasteiger partial charge >= 0.3 is 0 Å². The molecule has 2 aromatic rings. The molecule has 0 saturated carbocycles. The maximum absolute atomic E-state index is 12.2. The number of rotatable bonds is 7. The number of nitrogens with one attached hydrogen (secondary N) is 2. The van der Waals surface area contributed by atoms with Gasteiger partial charge in [-0.15, -0.1) is 0 Å². The fourth-order valence-electron chi connectivity index (χ4n) is 2.07. The second-order valence-corrected chi connectivity index (χ2v) is 5.92. The highest BCUT2D eigenvalue weighted by Crippen LogP contribution is 2.24. The molecule has 0 spiro atoms. The first-order chi connectivity index (χ1) is 12.0. The summed E-state index contributed by atoms with van der Waals surface area (Å²) < 4.78 is 5.58. The van der Waals surface area contributed by atoms with E-state index in [2.05, 4.69) is 10.6 Å². The lowest BCUT2D eigenvalue weighted by atomic mass is 10.2. The average Bonchev–Trinajstić information content (AvgIpc) is 2.62. The van der Waals surface area contributed by atoms with Crippen molar-refractivity contribution >= 4 is 29.1 Å². The molecule has 0 heterocycles. The smallest absolute Gasteiger partial charge is 0.265 e. The van der Waals surface area contributed by atoms with E-state index in [1.165, 1.54) is 0 Å². The Kier molecular flexibility index (Phi) is 6.83. The lowest BCUT2D eigenvalue weighted by Crippen LogP contribution is -2.30. The monoisotopic (exact) mass is 360 g/mol. The summed E-state index contributed by atoms with van der Waals surface area (Å²) in [4.78, 5) is 24.1. The van der Waals surface area contributed by atoms with Crippen molar-refractivity contribution in [1.29, 1.82) is 0 Å². The Labute approximate surface area is 152 Å². The lowest BCUT2D eigenvalue weighted by molar-refractivity contribution is -0.122. The largest absolute Gasteiger partial charge is 0.479 e. The van der Waals surface area contributed by atoms with Crippen LogP contribution in [0.2, 0.25) is 5.02 Å². The molecule has 25 heavy (non-hydrogen) atoms. The fourth-order valence-corrected chi connectivity index (χ4v) is 2.25. The van der Waals surface area contributed by atoms with Crippen LogP contribution in [-0.4, -0.2) is 24.5 Å². The highest BCUT2D eigenvalue weighted by Gasteiger charge is 2.16. The van der Waals surface area contributed by atoms with Gasteiger partial charge in [0, 0.05) is 17.8 Å². The van der Waals surface area contributed by atoms with Gasteiger partial charge in [0.05, 0.1) is 5.02 Å². The second-order valence-electron chi connectivity index (χ2n) is 5.51. The normalized spacial score (nSPS) is 11.5. The van der Waals surface area contributed by atoms with Crippen LogP contribution in [0, 0.1) is 0 Å². The van der Waals surface area contributed by atoms with Crippen molar-refractivity contribution in [3.05, 3.63) is 59.1 Å². The van der Waals surface area contributed by atoms with Gasteiger partial charge in [-0.1, -0.05) is 30.7 Å². The number of anilines is 1. The Hall–Kier alpha value is -2.53. The Bertz CT molecular complexity index is 732. The highest BCUT2D eigenvalue weighted by atomic mass is 35.5. The summed E-state index contributed by atoms with van der Waals surface area (Å²) in [5, 5.41) is 6.00. The van der Waals surface area contributed by atoms with Gasteiger partial charge in [-0.3, -0.25) is 9.59 Å². The summed E-state index contributed by atoms with van der Waals surface area (Å²) in [5.74, 6) is 0.0213. The van der Waals surface area contributed by atoms with Crippen molar-refractivity contribution < 1.29 is 14.3 Å². The first-order valence-corrected chi connectivity index (χ1v) is 8.49. The molecule has 0 aliphatic heterocycles. The van der Waals surface area contributed by atoms with Gasteiger partial charge in [-0.2, -0.15) is 0 Å². The fraction of sp³-hybridized carbons (Fsp3) is 0.263. The molecule has 0 fully saturated rings. The van der Waals surface area contributed by atoms with Gasteiger partial charge in [-0.05, 0) is 49.7 Å². The molecule has 0 saturated heterocycles. The summed E-state index contributed by atoms with van der Waals surface area (Å²) >= 11 is 6.02. The number of carbonyl (C=O) groups excluding carboxylic acids is 2. The van der Waals surface area contributed by atoms with Crippen LogP contribution in [0.1, 0.15) is 30.6 Å². The van der Waals surface area contributed by atoms with Crippen LogP contribution in [0.25, 0.3) is 0 Å². The van der Waals surface area contributed by atoms with E-state index >= 15 is 0 Å². The number of para-hydroxylation sites is 1. The zero-order valence-electron chi connectivity index (χ0n) is 14.2. The first kappa shape index (κ1) is 18.8. The predicted molar refractivity (Wildman–Crippen MR) is 99.2 cm³/mol. The van der Waals surface area contributed by atoms with Crippen molar-refractivity contribution in [3.63, 3.8) is 0 Å². The Balaban J connectivity index is 1.93. The van der Waals surface area contributed by atoms with Crippen molar-refractivity contribution in [2.24, 2.45) is 0 Å². The molecular formula is C19H21ClN2O3. The van der Waals surface area contributed by atoms with E-state index in [1.807, 2.05) is 6.92 Å². The van der Waals surface area contributed by atoms with Gasteiger partial charge in [0.1, 0.15) is 5.75 Å². The molecule has 0 aliphatic carbocycles. The molecule has 2 N–H and O–H groups in total. The minimum atomic E-state index is -0.715. The summed E-state index contributed by atoms with van der Waals surface area (Å²) in [6.45, 7) is 4.27.